The lowest BCUT2D eigenvalue weighted by molar-refractivity contribution is -0.137. The Morgan fingerprint density at radius 2 is 1.85 bits per heavy atom. The maximum atomic E-state index is 12.4. The van der Waals surface area contributed by atoms with Crippen molar-refractivity contribution in [2.24, 2.45) is 0 Å². The van der Waals surface area contributed by atoms with E-state index in [2.05, 4.69) is 42.4 Å². The lowest BCUT2D eigenvalue weighted by Crippen LogP contribution is -2.50. The van der Waals surface area contributed by atoms with Gasteiger partial charge in [0.1, 0.15) is 5.69 Å². The predicted molar refractivity (Wildman–Crippen MR) is 105 cm³/mol. The molecule has 2 aromatic carbocycles. The number of benzene rings is 2. The van der Waals surface area contributed by atoms with Gasteiger partial charge in [-0.3, -0.25) is 4.79 Å². The van der Waals surface area contributed by atoms with E-state index in [4.69, 9.17) is 0 Å². The molecule has 0 unspecified atom stereocenters. The summed E-state index contributed by atoms with van der Waals surface area (Å²) in [7, 11) is 0. The van der Waals surface area contributed by atoms with Crippen molar-refractivity contribution >= 4 is 5.91 Å². The zero-order valence-corrected chi connectivity index (χ0v) is 15.8. The third-order valence-corrected chi connectivity index (χ3v) is 5.37. The molecule has 5 nitrogen and oxygen atoms in total. The van der Waals surface area contributed by atoms with Gasteiger partial charge in [0.05, 0.1) is 12.2 Å². The van der Waals surface area contributed by atoms with E-state index in [-0.39, 0.29) is 11.9 Å². The molecule has 138 valence electrons. The SMILES string of the molecule is Cc1ccc(CCC(=O)N2CC(n3cc(-c4ccccc4)nn3)C2)cc1C. The molecule has 1 saturated heterocycles. The highest BCUT2D eigenvalue weighted by Gasteiger charge is 2.32. The van der Waals surface area contributed by atoms with Crippen LogP contribution in [0.5, 0.6) is 0 Å². The summed E-state index contributed by atoms with van der Waals surface area (Å²) in [6.07, 6.45) is 3.32. The average Bonchev–Trinajstić information content (AvgIpc) is 3.12. The molecule has 0 saturated carbocycles. The third kappa shape index (κ3) is 3.77. The molecule has 2 heterocycles. The number of carbonyl (C=O) groups is 1. The molecule has 0 N–H and O–H groups in total. The van der Waals surface area contributed by atoms with Crippen molar-refractivity contribution in [2.45, 2.75) is 32.7 Å². The molecule has 5 heteroatoms. The van der Waals surface area contributed by atoms with Gasteiger partial charge in [-0.05, 0) is 37.0 Å². The van der Waals surface area contributed by atoms with Crippen LogP contribution >= 0.6 is 0 Å². The summed E-state index contributed by atoms with van der Waals surface area (Å²) < 4.78 is 1.88. The Hall–Kier alpha value is -2.95. The van der Waals surface area contributed by atoms with Crippen molar-refractivity contribution in [3.63, 3.8) is 0 Å². The summed E-state index contributed by atoms with van der Waals surface area (Å²) in [5.74, 6) is 0.216. The number of hydrogen-bond donors (Lipinski definition) is 0. The van der Waals surface area contributed by atoms with Crippen molar-refractivity contribution in [3.8, 4) is 11.3 Å². The van der Waals surface area contributed by atoms with Gasteiger partial charge in [-0.25, -0.2) is 4.68 Å². The van der Waals surface area contributed by atoms with Gasteiger partial charge >= 0.3 is 0 Å². The summed E-state index contributed by atoms with van der Waals surface area (Å²) in [6.45, 7) is 5.65. The molecule has 27 heavy (non-hydrogen) atoms. The van der Waals surface area contributed by atoms with Crippen LogP contribution in [-0.4, -0.2) is 38.9 Å². The highest BCUT2D eigenvalue weighted by molar-refractivity contribution is 5.77. The average molecular weight is 360 g/mol. The van der Waals surface area contributed by atoms with Crippen molar-refractivity contribution in [3.05, 3.63) is 71.4 Å². The fourth-order valence-corrected chi connectivity index (χ4v) is 3.39. The van der Waals surface area contributed by atoms with E-state index >= 15 is 0 Å². The van der Waals surface area contributed by atoms with E-state index in [1.54, 1.807) is 0 Å². The summed E-state index contributed by atoms with van der Waals surface area (Å²) in [5.41, 5.74) is 5.73. The van der Waals surface area contributed by atoms with E-state index in [1.807, 2.05) is 46.1 Å². The minimum atomic E-state index is 0.216. The molecule has 1 aliphatic heterocycles. The zero-order chi connectivity index (χ0) is 18.8. The summed E-state index contributed by atoms with van der Waals surface area (Å²) >= 11 is 0. The molecule has 0 radical (unpaired) electrons. The Labute approximate surface area is 159 Å². The third-order valence-electron chi connectivity index (χ3n) is 5.37. The Bertz CT molecular complexity index is 942. The summed E-state index contributed by atoms with van der Waals surface area (Å²) in [6, 6.07) is 16.7. The molecular formula is C22H24N4O. The van der Waals surface area contributed by atoms with E-state index in [1.165, 1.54) is 16.7 Å². The van der Waals surface area contributed by atoms with Gasteiger partial charge in [-0.1, -0.05) is 53.7 Å². The standard InChI is InChI=1S/C22H24N4O/c1-16-8-9-18(12-17(16)2)10-11-22(27)25-13-20(14-25)26-15-21(23-24-26)19-6-4-3-5-7-19/h3-9,12,15,20H,10-11,13-14H2,1-2H3. The summed E-state index contributed by atoms with van der Waals surface area (Å²) in [5, 5.41) is 8.51. The Morgan fingerprint density at radius 1 is 1.07 bits per heavy atom. The maximum absolute atomic E-state index is 12.4. The van der Waals surface area contributed by atoms with Crippen LogP contribution in [0.2, 0.25) is 0 Å². The minimum Gasteiger partial charge on any atom is -0.338 e. The van der Waals surface area contributed by atoms with Gasteiger partial charge in [-0.2, -0.15) is 0 Å². The van der Waals surface area contributed by atoms with Crippen molar-refractivity contribution < 1.29 is 4.79 Å². The zero-order valence-electron chi connectivity index (χ0n) is 15.8. The lowest BCUT2D eigenvalue weighted by atomic mass is 10.0. The molecule has 0 aliphatic carbocycles. The van der Waals surface area contributed by atoms with Gasteiger partial charge in [0.25, 0.3) is 0 Å². The summed E-state index contributed by atoms with van der Waals surface area (Å²) in [4.78, 5) is 14.3. The molecule has 0 spiro atoms. The van der Waals surface area contributed by atoms with Crippen LogP contribution in [0.25, 0.3) is 11.3 Å². The van der Waals surface area contributed by atoms with E-state index in [0.29, 0.717) is 19.5 Å². The number of aromatic nitrogens is 3. The van der Waals surface area contributed by atoms with Crippen molar-refractivity contribution in [2.75, 3.05) is 13.1 Å². The molecule has 1 aromatic heterocycles. The van der Waals surface area contributed by atoms with E-state index in [9.17, 15) is 4.79 Å². The molecule has 1 amide bonds. The predicted octanol–water partition coefficient (Wildman–Crippen LogP) is 3.58. The molecule has 1 aliphatic rings. The van der Waals surface area contributed by atoms with Gasteiger partial charge in [0, 0.05) is 25.1 Å². The number of nitrogens with zero attached hydrogens (tertiary/aromatic N) is 4. The van der Waals surface area contributed by atoms with Gasteiger partial charge in [-0.15, -0.1) is 5.10 Å². The smallest absolute Gasteiger partial charge is 0.223 e. The second kappa shape index (κ2) is 7.35. The second-order valence-corrected chi connectivity index (χ2v) is 7.32. The first-order valence-corrected chi connectivity index (χ1v) is 9.41. The van der Waals surface area contributed by atoms with Crippen LogP contribution in [0.4, 0.5) is 0 Å². The number of likely N-dealkylation sites (tertiary alicyclic amines) is 1. The van der Waals surface area contributed by atoms with E-state index < -0.39 is 0 Å². The maximum Gasteiger partial charge on any atom is 0.223 e. The fraction of sp³-hybridized carbons (Fsp3) is 0.318. The second-order valence-electron chi connectivity index (χ2n) is 7.32. The molecule has 3 aromatic rings. The van der Waals surface area contributed by atoms with Gasteiger partial charge in [0.2, 0.25) is 5.91 Å². The normalized spacial score (nSPS) is 14.2. The number of hydrogen-bond acceptors (Lipinski definition) is 3. The number of rotatable bonds is 5. The first kappa shape index (κ1) is 17.5. The first-order valence-electron chi connectivity index (χ1n) is 9.41. The molecule has 0 bridgehead atoms. The molecular weight excluding hydrogens is 336 g/mol. The Kier molecular flexibility index (Phi) is 4.75. The minimum absolute atomic E-state index is 0.216. The Morgan fingerprint density at radius 3 is 2.59 bits per heavy atom. The largest absolute Gasteiger partial charge is 0.338 e. The number of aryl methyl sites for hydroxylation is 3. The Balaban J connectivity index is 1.29. The highest BCUT2D eigenvalue weighted by atomic mass is 16.2. The topological polar surface area (TPSA) is 51.0 Å². The fourth-order valence-electron chi connectivity index (χ4n) is 3.39. The van der Waals surface area contributed by atoms with Crippen LogP contribution < -0.4 is 0 Å². The van der Waals surface area contributed by atoms with Gasteiger partial charge < -0.3 is 4.90 Å². The lowest BCUT2D eigenvalue weighted by Gasteiger charge is -2.39. The first-order chi connectivity index (χ1) is 13.1. The highest BCUT2D eigenvalue weighted by Crippen LogP contribution is 2.24. The van der Waals surface area contributed by atoms with Crippen LogP contribution in [0.1, 0.15) is 29.2 Å². The van der Waals surface area contributed by atoms with Crippen LogP contribution in [0, 0.1) is 13.8 Å². The number of carbonyl (C=O) groups excluding carboxylic acids is 1. The molecule has 1 fully saturated rings. The molecule has 0 atom stereocenters. The quantitative estimate of drug-likeness (QED) is 0.699. The number of amides is 1. The van der Waals surface area contributed by atoms with Crippen molar-refractivity contribution in [1.82, 2.24) is 19.9 Å². The van der Waals surface area contributed by atoms with E-state index in [0.717, 1.165) is 17.7 Å². The van der Waals surface area contributed by atoms with Gasteiger partial charge in [0.15, 0.2) is 0 Å². The van der Waals surface area contributed by atoms with Crippen LogP contribution in [-0.2, 0) is 11.2 Å². The molecule has 4 rings (SSSR count). The van der Waals surface area contributed by atoms with Crippen molar-refractivity contribution in [1.29, 1.82) is 0 Å². The monoisotopic (exact) mass is 360 g/mol. The van der Waals surface area contributed by atoms with Crippen LogP contribution in [0.3, 0.4) is 0 Å². The van der Waals surface area contributed by atoms with Crippen LogP contribution in [0.15, 0.2) is 54.7 Å².